The third-order valence-electron chi connectivity index (χ3n) is 3.28. The zero-order valence-electron chi connectivity index (χ0n) is 12.2. The summed E-state index contributed by atoms with van der Waals surface area (Å²) in [6.45, 7) is 5.59. The Morgan fingerprint density at radius 3 is 2.86 bits per heavy atom. The Morgan fingerprint density at radius 2 is 2.27 bits per heavy atom. The number of imide groups is 2. The molecule has 1 aliphatic rings. The van der Waals surface area contributed by atoms with Gasteiger partial charge < -0.3 is 4.42 Å². The molecule has 0 spiro atoms. The molecule has 4 amide bonds. The van der Waals surface area contributed by atoms with E-state index < -0.39 is 23.8 Å². The molecule has 1 saturated heterocycles. The first-order chi connectivity index (χ1) is 10.6. The predicted molar refractivity (Wildman–Crippen MR) is 79.1 cm³/mol. The van der Waals surface area contributed by atoms with Crippen molar-refractivity contribution in [2.24, 2.45) is 10.9 Å². The summed E-state index contributed by atoms with van der Waals surface area (Å²) in [5.74, 6) is -1.67. The molecule has 0 radical (unpaired) electrons. The first-order valence-electron chi connectivity index (χ1n) is 6.91. The predicted octanol–water partition coefficient (Wildman–Crippen LogP) is 1.51. The monoisotopic (exact) mass is 303 g/mol. The highest BCUT2D eigenvalue weighted by molar-refractivity contribution is 6.27. The Bertz CT molecular complexity index is 619. The third-order valence-corrected chi connectivity index (χ3v) is 3.28. The number of carbonyl (C=O) groups excluding carboxylic acids is 3. The van der Waals surface area contributed by atoms with Crippen LogP contribution in [-0.4, -0.2) is 35.0 Å². The van der Waals surface area contributed by atoms with Gasteiger partial charge in [-0.3, -0.25) is 24.8 Å². The fraction of sp³-hybridized carbons (Fsp3) is 0.333. The number of aliphatic imine (C=N–C) groups is 1. The van der Waals surface area contributed by atoms with Gasteiger partial charge in [0, 0.05) is 12.3 Å². The molecule has 2 heterocycles. The summed E-state index contributed by atoms with van der Waals surface area (Å²) in [5, 5.41) is 2.18. The van der Waals surface area contributed by atoms with Crippen molar-refractivity contribution in [1.29, 1.82) is 0 Å². The number of nitrogens with one attached hydrogen (secondary N) is 1. The largest absolute Gasteiger partial charge is 0.467 e. The van der Waals surface area contributed by atoms with Crippen LogP contribution in [0.2, 0.25) is 0 Å². The van der Waals surface area contributed by atoms with Gasteiger partial charge in [-0.1, -0.05) is 13.0 Å². The van der Waals surface area contributed by atoms with Crippen molar-refractivity contribution in [2.75, 3.05) is 6.54 Å². The number of furan rings is 1. The van der Waals surface area contributed by atoms with E-state index in [1.807, 2.05) is 0 Å². The second kappa shape index (κ2) is 6.84. The molecule has 7 nitrogen and oxygen atoms in total. The third kappa shape index (κ3) is 3.13. The van der Waals surface area contributed by atoms with Crippen molar-refractivity contribution in [3.63, 3.8) is 0 Å². The Morgan fingerprint density at radius 1 is 1.50 bits per heavy atom. The number of barbiturate groups is 1. The van der Waals surface area contributed by atoms with Crippen molar-refractivity contribution >= 4 is 23.6 Å². The summed E-state index contributed by atoms with van der Waals surface area (Å²) in [6, 6.07) is 2.76. The van der Waals surface area contributed by atoms with Crippen LogP contribution in [0.4, 0.5) is 4.79 Å². The van der Waals surface area contributed by atoms with Crippen LogP contribution in [0.3, 0.4) is 0 Å². The minimum absolute atomic E-state index is 0.0453. The second-order valence-electron chi connectivity index (χ2n) is 4.71. The van der Waals surface area contributed by atoms with Gasteiger partial charge in [0.15, 0.2) is 5.92 Å². The van der Waals surface area contributed by atoms with Gasteiger partial charge in [0.05, 0.1) is 12.8 Å². The van der Waals surface area contributed by atoms with Crippen LogP contribution in [0.15, 0.2) is 40.5 Å². The molecule has 1 unspecified atom stereocenters. The molecule has 1 N–H and O–H groups in total. The standard InChI is InChI=1S/C15H17N3O4/c1-3-7-18-14(20)12(13(19)17-15(18)21)11(4-2)16-9-10-6-5-8-22-10/h3,5-6,8,12H,1,4,7,9H2,2H3,(H,17,19,21). The number of amides is 4. The Hall–Kier alpha value is -2.70. The molecule has 1 aliphatic heterocycles. The van der Waals surface area contributed by atoms with E-state index in [1.54, 1.807) is 19.1 Å². The number of urea groups is 1. The van der Waals surface area contributed by atoms with Crippen molar-refractivity contribution in [3.05, 3.63) is 36.8 Å². The van der Waals surface area contributed by atoms with Crippen LogP contribution in [0, 0.1) is 5.92 Å². The van der Waals surface area contributed by atoms with Gasteiger partial charge in [-0.15, -0.1) is 6.58 Å². The lowest BCUT2D eigenvalue weighted by Crippen LogP contribution is -2.59. The van der Waals surface area contributed by atoms with Crippen LogP contribution in [0.25, 0.3) is 0 Å². The lowest BCUT2D eigenvalue weighted by Gasteiger charge is -2.29. The Balaban J connectivity index is 2.23. The molecule has 0 saturated carbocycles. The highest BCUT2D eigenvalue weighted by Gasteiger charge is 2.42. The Kier molecular flexibility index (Phi) is 4.88. The minimum atomic E-state index is -1.09. The molecule has 0 aliphatic carbocycles. The zero-order valence-corrected chi connectivity index (χ0v) is 12.2. The fourth-order valence-corrected chi connectivity index (χ4v) is 2.20. The van der Waals surface area contributed by atoms with Crippen LogP contribution in [-0.2, 0) is 16.1 Å². The van der Waals surface area contributed by atoms with Crippen LogP contribution >= 0.6 is 0 Å². The molecule has 7 heteroatoms. The minimum Gasteiger partial charge on any atom is -0.467 e. The maximum Gasteiger partial charge on any atom is 0.331 e. The lowest BCUT2D eigenvalue weighted by molar-refractivity contribution is -0.139. The van der Waals surface area contributed by atoms with E-state index in [0.717, 1.165) is 4.90 Å². The van der Waals surface area contributed by atoms with Crippen molar-refractivity contribution < 1.29 is 18.8 Å². The van der Waals surface area contributed by atoms with Gasteiger partial charge in [-0.2, -0.15) is 0 Å². The van der Waals surface area contributed by atoms with E-state index in [9.17, 15) is 14.4 Å². The first kappa shape index (κ1) is 15.7. The summed E-state index contributed by atoms with van der Waals surface area (Å²) in [4.78, 5) is 41.3. The molecule has 0 bridgehead atoms. The molecule has 2 rings (SSSR count). The SMILES string of the molecule is C=CCN1C(=O)NC(=O)C(C(CC)=NCc2ccco2)C1=O. The smallest absolute Gasteiger partial charge is 0.331 e. The number of hydrogen-bond donors (Lipinski definition) is 1. The topological polar surface area (TPSA) is 92.0 Å². The highest BCUT2D eigenvalue weighted by Crippen LogP contribution is 2.16. The number of rotatable bonds is 6. The average Bonchev–Trinajstić information content (AvgIpc) is 3.00. The summed E-state index contributed by atoms with van der Waals surface area (Å²) < 4.78 is 5.18. The average molecular weight is 303 g/mol. The van der Waals surface area contributed by atoms with E-state index in [1.165, 1.54) is 12.3 Å². The molecule has 1 aromatic rings. The number of carbonyl (C=O) groups is 3. The highest BCUT2D eigenvalue weighted by atomic mass is 16.3. The van der Waals surface area contributed by atoms with Crippen LogP contribution in [0.1, 0.15) is 19.1 Å². The van der Waals surface area contributed by atoms with Crippen molar-refractivity contribution in [1.82, 2.24) is 10.2 Å². The van der Waals surface area contributed by atoms with E-state index in [4.69, 9.17) is 4.42 Å². The molecular formula is C15H17N3O4. The van der Waals surface area contributed by atoms with Gasteiger partial charge in [0.25, 0.3) is 0 Å². The van der Waals surface area contributed by atoms with Gasteiger partial charge in [-0.05, 0) is 18.6 Å². The molecule has 22 heavy (non-hydrogen) atoms. The van der Waals surface area contributed by atoms with E-state index in [-0.39, 0.29) is 13.1 Å². The van der Waals surface area contributed by atoms with Crippen molar-refractivity contribution in [2.45, 2.75) is 19.9 Å². The summed E-state index contributed by atoms with van der Waals surface area (Å²) in [7, 11) is 0. The maximum absolute atomic E-state index is 12.4. The van der Waals surface area contributed by atoms with Gasteiger partial charge in [0.2, 0.25) is 11.8 Å². The molecule has 1 fully saturated rings. The summed E-state index contributed by atoms with van der Waals surface area (Å²) in [6.07, 6.45) is 3.37. The number of nitrogens with zero attached hydrogens (tertiary/aromatic N) is 2. The quantitative estimate of drug-likeness (QED) is 0.490. The van der Waals surface area contributed by atoms with Gasteiger partial charge in [0.1, 0.15) is 5.76 Å². The first-order valence-corrected chi connectivity index (χ1v) is 6.91. The molecular weight excluding hydrogens is 286 g/mol. The molecule has 116 valence electrons. The normalized spacial score (nSPS) is 19.3. The van der Waals surface area contributed by atoms with Crippen LogP contribution in [0.5, 0.6) is 0 Å². The summed E-state index contributed by atoms with van der Waals surface area (Å²) >= 11 is 0. The second-order valence-corrected chi connectivity index (χ2v) is 4.71. The van der Waals surface area contributed by atoms with E-state index >= 15 is 0 Å². The molecule has 0 aromatic carbocycles. The zero-order chi connectivity index (χ0) is 16.1. The van der Waals surface area contributed by atoms with Crippen molar-refractivity contribution in [3.8, 4) is 0 Å². The lowest BCUT2D eigenvalue weighted by atomic mass is 9.96. The van der Waals surface area contributed by atoms with Gasteiger partial charge in [-0.25, -0.2) is 4.79 Å². The van der Waals surface area contributed by atoms with Gasteiger partial charge >= 0.3 is 6.03 Å². The maximum atomic E-state index is 12.4. The van der Waals surface area contributed by atoms with E-state index in [2.05, 4.69) is 16.9 Å². The number of hydrogen-bond acceptors (Lipinski definition) is 5. The molecule has 1 atom stereocenters. The molecule has 1 aromatic heterocycles. The fourth-order valence-electron chi connectivity index (χ4n) is 2.20. The Labute approximate surface area is 127 Å². The van der Waals surface area contributed by atoms with E-state index in [0.29, 0.717) is 17.9 Å². The van der Waals surface area contributed by atoms with Crippen LogP contribution < -0.4 is 5.32 Å². The summed E-state index contributed by atoms with van der Waals surface area (Å²) in [5.41, 5.74) is 0.417.